The van der Waals surface area contributed by atoms with Gasteiger partial charge in [-0.15, -0.1) is 0 Å². The summed E-state index contributed by atoms with van der Waals surface area (Å²) in [5.41, 5.74) is 5.15. The van der Waals surface area contributed by atoms with Gasteiger partial charge < -0.3 is 20.9 Å². The van der Waals surface area contributed by atoms with E-state index in [1.165, 1.54) is 18.2 Å². The maximum absolute atomic E-state index is 11.8. The number of hydrogen-bond donors (Lipinski definition) is 3. The highest BCUT2D eigenvalue weighted by atomic mass is 19.4. The highest BCUT2D eigenvalue weighted by Gasteiger charge is 2.40. The number of alkyl halides is 3. The molecule has 1 saturated heterocycles. The number of aliphatic carboxylic acids is 1. The first-order valence-corrected chi connectivity index (χ1v) is 6.67. The number of nitrogens with two attached hydrogens (primary N) is 1. The number of carboxylic acid groups (broad SMARTS) is 1. The fourth-order valence-corrected chi connectivity index (χ4v) is 1.50. The van der Waals surface area contributed by atoms with Crippen LogP contribution in [0.25, 0.3) is 0 Å². The second-order valence-corrected chi connectivity index (χ2v) is 4.47. The van der Waals surface area contributed by atoms with Gasteiger partial charge in [-0.2, -0.15) is 13.2 Å². The third kappa shape index (κ3) is 10.1. The van der Waals surface area contributed by atoms with Gasteiger partial charge >= 0.3 is 18.1 Å². The van der Waals surface area contributed by atoms with Gasteiger partial charge in [-0.05, 0) is 38.6 Å². The standard InChI is InChI=1S/C8H13F3N2O3.C4H8O/c9-8(10,11)7(16)13-5(6(14)15)3-1-2-4-12;1-2-4-5-3-1/h5H,1-4,12H2,(H,13,16)(H,14,15);1-4H2/t5-;/m0./s1. The molecular formula is C12H21F3N2O4. The average molecular weight is 314 g/mol. The summed E-state index contributed by atoms with van der Waals surface area (Å²) < 4.78 is 40.5. The topological polar surface area (TPSA) is 102 Å². The third-order valence-corrected chi connectivity index (χ3v) is 2.64. The summed E-state index contributed by atoms with van der Waals surface area (Å²) >= 11 is 0. The van der Waals surface area contributed by atoms with E-state index in [-0.39, 0.29) is 6.42 Å². The second kappa shape index (κ2) is 10.4. The van der Waals surface area contributed by atoms with Gasteiger partial charge in [0.05, 0.1) is 0 Å². The SMILES string of the molecule is C1CCOC1.NCCCC[C@H](NC(=O)C(F)(F)F)C(=O)O. The molecule has 0 aliphatic carbocycles. The number of hydrogen-bond acceptors (Lipinski definition) is 4. The van der Waals surface area contributed by atoms with E-state index in [9.17, 15) is 22.8 Å². The lowest BCUT2D eigenvalue weighted by Gasteiger charge is -2.15. The molecule has 1 aliphatic heterocycles. The molecule has 9 heteroatoms. The zero-order chi connectivity index (χ0) is 16.3. The van der Waals surface area contributed by atoms with Crippen molar-refractivity contribution in [2.45, 2.75) is 44.3 Å². The van der Waals surface area contributed by atoms with Crippen molar-refractivity contribution in [1.82, 2.24) is 5.32 Å². The van der Waals surface area contributed by atoms with Crippen molar-refractivity contribution in [3.05, 3.63) is 0 Å². The Hall–Kier alpha value is -1.35. The highest BCUT2D eigenvalue weighted by molar-refractivity contribution is 5.86. The van der Waals surface area contributed by atoms with Gasteiger partial charge in [0.15, 0.2) is 0 Å². The molecule has 1 heterocycles. The lowest BCUT2D eigenvalue weighted by Crippen LogP contribution is -2.46. The molecule has 0 saturated carbocycles. The van der Waals surface area contributed by atoms with E-state index >= 15 is 0 Å². The first-order chi connectivity index (χ1) is 9.79. The van der Waals surface area contributed by atoms with Gasteiger partial charge in [-0.3, -0.25) is 4.79 Å². The monoisotopic (exact) mass is 314 g/mol. The molecule has 1 amide bonds. The van der Waals surface area contributed by atoms with Crippen LogP contribution in [0.5, 0.6) is 0 Å². The summed E-state index contributed by atoms with van der Waals surface area (Å²) in [5, 5.41) is 9.98. The number of halogens is 3. The smallest absolute Gasteiger partial charge is 0.471 e. The molecule has 0 aromatic heterocycles. The van der Waals surface area contributed by atoms with E-state index in [0.717, 1.165) is 13.2 Å². The Bertz CT molecular complexity index is 313. The maximum Gasteiger partial charge on any atom is 0.471 e. The van der Waals surface area contributed by atoms with Crippen LogP contribution in [-0.2, 0) is 14.3 Å². The number of nitrogens with one attached hydrogen (secondary N) is 1. The van der Waals surface area contributed by atoms with Crippen molar-refractivity contribution in [2.75, 3.05) is 19.8 Å². The predicted molar refractivity (Wildman–Crippen MR) is 68.6 cm³/mol. The molecule has 1 rings (SSSR count). The van der Waals surface area contributed by atoms with E-state index in [4.69, 9.17) is 15.6 Å². The molecule has 21 heavy (non-hydrogen) atoms. The number of unbranched alkanes of at least 4 members (excludes halogenated alkanes) is 1. The van der Waals surface area contributed by atoms with Crippen molar-refractivity contribution < 1.29 is 32.6 Å². The number of amides is 1. The molecule has 0 bridgehead atoms. The van der Waals surface area contributed by atoms with Crippen molar-refractivity contribution in [2.24, 2.45) is 5.73 Å². The molecular weight excluding hydrogens is 293 g/mol. The van der Waals surface area contributed by atoms with Crippen LogP contribution in [0.4, 0.5) is 13.2 Å². The first kappa shape index (κ1) is 19.7. The first-order valence-electron chi connectivity index (χ1n) is 6.67. The summed E-state index contributed by atoms with van der Waals surface area (Å²) in [5.74, 6) is -3.73. The molecule has 1 aliphatic rings. The molecule has 0 radical (unpaired) electrons. The molecule has 0 spiro atoms. The maximum atomic E-state index is 11.8. The molecule has 0 aromatic carbocycles. The van der Waals surface area contributed by atoms with Gasteiger partial charge in [0.25, 0.3) is 0 Å². The van der Waals surface area contributed by atoms with Gasteiger partial charge in [-0.1, -0.05) is 0 Å². The summed E-state index contributed by atoms with van der Waals surface area (Å²) in [4.78, 5) is 21.0. The fraction of sp³-hybridized carbons (Fsp3) is 0.833. The summed E-state index contributed by atoms with van der Waals surface area (Å²) in [6, 6.07) is -1.53. The van der Waals surface area contributed by atoms with Gasteiger partial charge in [0, 0.05) is 13.2 Å². The largest absolute Gasteiger partial charge is 0.480 e. The van der Waals surface area contributed by atoms with Crippen LogP contribution < -0.4 is 11.1 Å². The van der Waals surface area contributed by atoms with E-state index in [1.807, 2.05) is 0 Å². The fourth-order valence-electron chi connectivity index (χ4n) is 1.50. The van der Waals surface area contributed by atoms with E-state index in [2.05, 4.69) is 0 Å². The molecule has 1 atom stereocenters. The third-order valence-electron chi connectivity index (χ3n) is 2.64. The number of rotatable bonds is 6. The van der Waals surface area contributed by atoms with Crippen LogP contribution in [0.1, 0.15) is 32.1 Å². The minimum absolute atomic E-state index is 0.0750. The normalized spacial score (nSPS) is 15.8. The zero-order valence-corrected chi connectivity index (χ0v) is 11.6. The van der Waals surface area contributed by atoms with Crippen LogP contribution in [-0.4, -0.2) is 49.0 Å². The number of ether oxygens (including phenoxy) is 1. The van der Waals surface area contributed by atoms with Gasteiger partial charge in [-0.25, -0.2) is 4.79 Å². The minimum atomic E-state index is -5.07. The number of carbonyl (C=O) groups excluding carboxylic acids is 1. The summed E-state index contributed by atoms with van der Waals surface area (Å²) in [6.07, 6.45) is -1.76. The molecule has 6 nitrogen and oxygen atoms in total. The Kier molecular flexibility index (Phi) is 9.72. The lowest BCUT2D eigenvalue weighted by molar-refractivity contribution is -0.175. The van der Waals surface area contributed by atoms with Crippen molar-refractivity contribution in [1.29, 1.82) is 0 Å². The molecule has 4 N–H and O–H groups in total. The van der Waals surface area contributed by atoms with Crippen LogP contribution in [0.3, 0.4) is 0 Å². The highest BCUT2D eigenvalue weighted by Crippen LogP contribution is 2.15. The Labute approximate surface area is 120 Å². The van der Waals surface area contributed by atoms with Gasteiger partial charge in [0.1, 0.15) is 6.04 Å². The summed E-state index contributed by atoms with van der Waals surface area (Å²) in [6.45, 7) is 2.32. The number of carbonyl (C=O) groups is 2. The van der Waals surface area contributed by atoms with Crippen molar-refractivity contribution in [3.8, 4) is 0 Å². The zero-order valence-electron chi connectivity index (χ0n) is 11.6. The van der Waals surface area contributed by atoms with Crippen LogP contribution >= 0.6 is 0 Å². The Morgan fingerprint density at radius 2 is 1.81 bits per heavy atom. The Morgan fingerprint density at radius 3 is 2.14 bits per heavy atom. The minimum Gasteiger partial charge on any atom is -0.480 e. The quantitative estimate of drug-likeness (QED) is 0.636. The Balaban J connectivity index is 0.000000662. The van der Waals surface area contributed by atoms with Crippen molar-refractivity contribution in [3.63, 3.8) is 0 Å². The van der Waals surface area contributed by atoms with E-state index < -0.39 is 24.1 Å². The lowest BCUT2D eigenvalue weighted by atomic mass is 10.1. The molecule has 124 valence electrons. The van der Waals surface area contributed by atoms with Crippen LogP contribution in [0.2, 0.25) is 0 Å². The predicted octanol–water partition coefficient (Wildman–Crippen LogP) is 1.04. The van der Waals surface area contributed by atoms with E-state index in [0.29, 0.717) is 19.4 Å². The Morgan fingerprint density at radius 1 is 1.24 bits per heavy atom. The average Bonchev–Trinajstić information content (AvgIpc) is 2.95. The second-order valence-electron chi connectivity index (χ2n) is 4.47. The van der Waals surface area contributed by atoms with Crippen LogP contribution in [0.15, 0.2) is 0 Å². The number of carboxylic acids is 1. The molecule has 0 aromatic rings. The molecule has 1 fully saturated rings. The van der Waals surface area contributed by atoms with Crippen molar-refractivity contribution >= 4 is 11.9 Å². The van der Waals surface area contributed by atoms with Gasteiger partial charge in [0.2, 0.25) is 0 Å². The van der Waals surface area contributed by atoms with E-state index in [1.54, 1.807) is 0 Å². The molecule has 0 unspecified atom stereocenters. The summed E-state index contributed by atoms with van der Waals surface area (Å²) in [7, 11) is 0. The van der Waals surface area contributed by atoms with Crippen LogP contribution in [0, 0.1) is 0 Å².